The fourth-order valence-corrected chi connectivity index (χ4v) is 2.92. The number of anilines is 1. The summed E-state index contributed by atoms with van der Waals surface area (Å²) < 4.78 is 1.09. The predicted octanol–water partition coefficient (Wildman–Crippen LogP) is 2.60. The minimum atomic E-state index is -0.477. The van der Waals surface area contributed by atoms with E-state index in [0.29, 0.717) is 10.9 Å². The van der Waals surface area contributed by atoms with Gasteiger partial charge in [0, 0.05) is 21.4 Å². The highest BCUT2D eigenvalue weighted by Crippen LogP contribution is 2.23. The number of rotatable bonds is 4. The number of hydrogen-bond acceptors (Lipinski definition) is 5. The molecule has 1 fully saturated rings. The third-order valence-corrected chi connectivity index (χ3v) is 4.41. The Bertz CT molecular complexity index is 639. The van der Waals surface area contributed by atoms with Crippen LogP contribution < -0.4 is 10.6 Å². The average molecular weight is 430 g/mol. The Morgan fingerprint density at radius 3 is 2.68 bits per heavy atom. The molecule has 1 aliphatic heterocycles. The Hall–Kier alpha value is -1.42. The molecule has 0 saturated carbocycles. The van der Waals surface area contributed by atoms with Gasteiger partial charge in [-0.1, -0.05) is 11.8 Å². The quantitative estimate of drug-likeness (QED) is 0.438. The van der Waals surface area contributed by atoms with Gasteiger partial charge in [-0.25, -0.2) is 0 Å². The molecule has 2 N–H and O–H groups in total. The molecule has 6 nitrogen and oxygen atoms in total. The zero-order valence-corrected chi connectivity index (χ0v) is 15.1. The second-order valence-corrected chi connectivity index (χ2v) is 7.24. The maximum atomic E-state index is 12.0. The van der Waals surface area contributed by atoms with Crippen LogP contribution in [0.25, 0.3) is 0 Å². The van der Waals surface area contributed by atoms with Crippen molar-refractivity contribution in [2.45, 2.75) is 25.5 Å². The van der Waals surface area contributed by atoms with Gasteiger partial charge in [-0.05, 0) is 60.7 Å². The SMILES string of the molecule is CC(C)=N/N=C1\NC(=O)[C@@H](CC(=O)Nc2ccc(I)cc2)S1. The van der Waals surface area contributed by atoms with Crippen LogP contribution in [0.15, 0.2) is 34.5 Å². The topological polar surface area (TPSA) is 82.9 Å². The first-order chi connectivity index (χ1) is 10.4. The van der Waals surface area contributed by atoms with Crippen LogP contribution in [0, 0.1) is 3.57 Å². The van der Waals surface area contributed by atoms with Crippen LogP contribution in [0.3, 0.4) is 0 Å². The van der Waals surface area contributed by atoms with Gasteiger partial charge in [0.1, 0.15) is 5.25 Å². The number of nitrogens with zero attached hydrogens (tertiary/aromatic N) is 2. The lowest BCUT2D eigenvalue weighted by molar-refractivity contribution is -0.122. The molecule has 2 rings (SSSR count). The minimum Gasteiger partial charge on any atom is -0.326 e. The Kier molecular flexibility index (Phi) is 5.95. The van der Waals surface area contributed by atoms with E-state index in [-0.39, 0.29) is 18.2 Å². The molecule has 1 aromatic carbocycles. The molecule has 1 atom stereocenters. The third-order valence-electron chi connectivity index (χ3n) is 2.62. The molecule has 1 aromatic rings. The molecule has 0 aromatic heterocycles. The highest BCUT2D eigenvalue weighted by atomic mass is 127. The zero-order valence-electron chi connectivity index (χ0n) is 12.1. The smallest absolute Gasteiger partial charge is 0.240 e. The van der Waals surface area contributed by atoms with Crippen molar-refractivity contribution in [1.29, 1.82) is 0 Å². The summed E-state index contributed by atoms with van der Waals surface area (Å²) in [5.41, 5.74) is 1.51. The van der Waals surface area contributed by atoms with Crippen LogP contribution in [0.1, 0.15) is 20.3 Å². The number of carbonyl (C=O) groups is 2. The zero-order chi connectivity index (χ0) is 16.1. The van der Waals surface area contributed by atoms with Crippen molar-refractivity contribution in [2.24, 2.45) is 10.2 Å². The van der Waals surface area contributed by atoms with Crippen molar-refractivity contribution in [3.05, 3.63) is 27.8 Å². The lowest BCUT2D eigenvalue weighted by atomic mass is 10.2. The number of benzene rings is 1. The summed E-state index contributed by atoms with van der Waals surface area (Å²) >= 11 is 3.42. The fourth-order valence-electron chi connectivity index (χ4n) is 1.65. The number of amidine groups is 1. The Labute approximate surface area is 146 Å². The Morgan fingerprint density at radius 1 is 1.36 bits per heavy atom. The van der Waals surface area contributed by atoms with Crippen LogP contribution >= 0.6 is 34.4 Å². The van der Waals surface area contributed by atoms with E-state index in [0.717, 1.165) is 9.28 Å². The molecule has 2 amide bonds. The van der Waals surface area contributed by atoms with E-state index in [9.17, 15) is 9.59 Å². The largest absolute Gasteiger partial charge is 0.326 e. The summed E-state index contributed by atoms with van der Waals surface area (Å²) in [5.74, 6) is -0.421. The van der Waals surface area contributed by atoms with Crippen LogP contribution in [0.2, 0.25) is 0 Å². The van der Waals surface area contributed by atoms with E-state index in [1.807, 2.05) is 38.1 Å². The van der Waals surface area contributed by atoms with Gasteiger partial charge in [-0.2, -0.15) is 5.10 Å². The lowest BCUT2D eigenvalue weighted by Crippen LogP contribution is -2.28. The maximum absolute atomic E-state index is 12.0. The van der Waals surface area contributed by atoms with Crippen molar-refractivity contribution in [2.75, 3.05) is 5.32 Å². The van der Waals surface area contributed by atoms with Crippen molar-refractivity contribution in [1.82, 2.24) is 5.32 Å². The lowest BCUT2D eigenvalue weighted by Gasteiger charge is -2.07. The van der Waals surface area contributed by atoms with E-state index >= 15 is 0 Å². The van der Waals surface area contributed by atoms with Gasteiger partial charge in [0.05, 0.1) is 0 Å². The first-order valence-corrected chi connectivity index (χ1v) is 8.51. The molecule has 1 aliphatic rings. The number of hydrogen-bond donors (Lipinski definition) is 2. The van der Waals surface area contributed by atoms with E-state index in [1.54, 1.807) is 0 Å². The normalized spacial score (nSPS) is 19.0. The molecule has 1 heterocycles. The van der Waals surface area contributed by atoms with Crippen LogP contribution in [0.4, 0.5) is 5.69 Å². The van der Waals surface area contributed by atoms with Gasteiger partial charge < -0.3 is 10.6 Å². The molecule has 1 saturated heterocycles. The monoisotopic (exact) mass is 430 g/mol. The van der Waals surface area contributed by atoms with Gasteiger partial charge in [0.25, 0.3) is 0 Å². The number of thioether (sulfide) groups is 1. The molecule has 0 unspecified atom stereocenters. The van der Waals surface area contributed by atoms with Crippen molar-refractivity contribution >= 4 is 62.7 Å². The molecule has 0 bridgehead atoms. The molecule has 0 aliphatic carbocycles. The summed E-state index contributed by atoms with van der Waals surface area (Å²) in [6.07, 6.45) is 0.0936. The second kappa shape index (κ2) is 7.73. The summed E-state index contributed by atoms with van der Waals surface area (Å²) in [6.45, 7) is 3.63. The molecule has 8 heteroatoms. The summed E-state index contributed by atoms with van der Waals surface area (Å²) in [6, 6.07) is 7.46. The standard InChI is InChI=1S/C14H15IN4O2S/c1-8(2)18-19-14-17-13(21)11(22-14)7-12(20)16-10-5-3-9(15)4-6-10/h3-6,11H,7H2,1-2H3,(H,16,20)(H,17,19,21)/t11-/m1/s1. The summed E-state index contributed by atoms with van der Waals surface area (Å²) in [4.78, 5) is 23.8. The van der Waals surface area contributed by atoms with Gasteiger partial charge >= 0.3 is 0 Å². The van der Waals surface area contributed by atoms with E-state index in [1.165, 1.54) is 11.8 Å². The van der Waals surface area contributed by atoms with Crippen LogP contribution in [0.5, 0.6) is 0 Å². The molecule has 116 valence electrons. The number of amides is 2. The van der Waals surface area contributed by atoms with Gasteiger partial charge in [-0.3, -0.25) is 9.59 Å². The molecule has 0 spiro atoms. The molecular formula is C14H15IN4O2S. The minimum absolute atomic E-state index is 0.0936. The molecular weight excluding hydrogens is 415 g/mol. The highest BCUT2D eigenvalue weighted by Gasteiger charge is 2.32. The van der Waals surface area contributed by atoms with E-state index in [2.05, 4.69) is 43.4 Å². The first-order valence-electron chi connectivity index (χ1n) is 6.56. The summed E-state index contributed by atoms with van der Waals surface area (Å²) in [5, 5.41) is 13.2. The number of halogens is 1. The van der Waals surface area contributed by atoms with Crippen LogP contribution in [-0.4, -0.2) is 27.9 Å². The number of carbonyl (C=O) groups excluding carboxylic acids is 2. The third kappa shape index (κ3) is 5.09. The van der Waals surface area contributed by atoms with E-state index < -0.39 is 5.25 Å². The number of nitrogens with one attached hydrogen (secondary N) is 2. The van der Waals surface area contributed by atoms with Crippen molar-refractivity contribution in [3.63, 3.8) is 0 Å². The summed E-state index contributed by atoms with van der Waals surface area (Å²) in [7, 11) is 0. The predicted molar refractivity (Wildman–Crippen MR) is 98.1 cm³/mol. The van der Waals surface area contributed by atoms with Gasteiger partial charge in [-0.15, -0.1) is 5.10 Å². The van der Waals surface area contributed by atoms with Crippen molar-refractivity contribution < 1.29 is 9.59 Å². The van der Waals surface area contributed by atoms with Crippen molar-refractivity contribution in [3.8, 4) is 0 Å². The fraction of sp³-hybridized carbons (Fsp3) is 0.286. The van der Waals surface area contributed by atoms with Crippen LogP contribution in [-0.2, 0) is 9.59 Å². The molecule has 22 heavy (non-hydrogen) atoms. The maximum Gasteiger partial charge on any atom is 0.240 e. The first kappa shape index (κ1) is 16.9. The molecule has 0 radical (unpaired) electrons. The highest BCUT2D eigenvalue weighted by molar-refractivity contribution is 14.1. The average Bonchev–Trinajstić information content (AvgIpc) is 2.79. The van der Waals surface area contributed by atoms with Gasteiger partial charge in [0.15, 0.2) is 5.17 Å². The Morgan fingerprint density at radius 2 is 2.05 bits per heavy atom. The Balaban J connectivity index is 1.92. The van der Waals surface area contributed by atoms with E-state index in [4.69, 9.17) is 0 Å². The second-order valence-electron chi connectivity index (χ2n) is 4.81. The van der Waals surface area contributed by atoms with Gasteiger partial charge in [0.2, 0.25) is 11.8 Å².